The van der Waals surface area contributed by atoms with E-state index in [-0.39, 0.29) is 12.5 Å². The van der Waals surface area contributed by atoms with Gasteiger partial charge in [0.05, 0.1) is 13.7 Å². The molecule has 0 bridgehead atoms. The first-order valence-electron chi connectivity index (χ1n) is 12.4. The first-order chi connectivity index (χ1) is 17.0. The van der Waals surface area contributed by atoms with Crippen molar-refractivity contribution in [1.82, 2.24) is 14.7 Å². The minimum Gasteiger partial charge on any atom is -0.497 e. The summed E-state index contributed by atoms with van der Waals surface area (Å²) >= 11 is 0. The minimum atomic E-state index is -0.610. The van der Waals surface area contributed by atoms with Gasteiger partial charge in [0.25, 0.3) is 5.91 Å². The van der Waals surface area contributed by atoms with Crippen molar-refractivity contribution >= 4 is 12.0 Å². The van der Waals surface area contributed by atoms with Crippen LogP contribution in [-0.4, -0.2) is 78.7 Å². The molecule has 0 radical (unpaired) electrons. The van der Waals surface area contributed by atoms with E-state index in [0.29, 0.717) is 47.5 Å². The maximum Gasteiger partial charge on any atom is 0.410 e. The third kappa shape index (κ3) is 7.37. The zero-order chi connectivity index (χ0) is 26.5. The molecule has 3 rings (SSSR count). The van der Waals surface area contributed by atoms with Gasteiger partial charge in [0.15, 0.2) is 0 Å². The second kappa shape index (κ2) is 11.6. The molecule has 0 aliphatic carbocycles. The molecular weight excluding hydrogens is 458 g/mol. The van der Waals surface area contributed by atoms with E-state index in [1.165, 1.54) is 4.90 Å². The van der Waals surface area contributed by atoms with E-state index in [2.05, 4.69) is 18.7 Å². The highest BCUT2D eigenvalue weighted by molar-refractivity contribution is 5.94. The predicted molar refractivity (Wildman–Crippen MR) is 140 cm³/mol. The second-order valence-corrected chi connectivity index (χ2v) is 10.4. The molecule has 0 aromatic heterocycles. The molecule has 8 nitrogen and oxygen atoms in total. The first-order valence-corrected chi connectivity index (χ1v) is 12.4. The molecule has 2 aromatic rings. The molecule has 8 heteroatoms. The van der Waals surface area contributed by atoms with Crippen LogP contribution in [0.5, 0.6) is 17.2 Å². The topological polar surface area (TPSA) is 71.6 Å². The zero-order valence-corrected chi connectivity index (χ0v) is 22.5. The van der Waals surface area contributed by atoms with Crippen molar-refractivity contribution in [3.63, 3.8) is 0 Å². The Kier molecular flexibility index (Phi) is 8.84. The lowest BCUT2D eigenvalue weighted by Crippen LogP contribution is -2.50. The number of piperazine rings is 1. The van der Waals surface area contributed by atoms with Gasteiger partial charge >= 0.3 is 6.09 Å². The Bertz CT molecular complexity index is 1060. The van der Waals surface area contributed by atoms with Crippen LogP contribution in [0.15, 0.2) is 42.5 Å². The van der Waals surface area contributed by atoms with Gasteiger partial charge in [0.1, 0.15) is 22.8 Å². The van der Waals surface area contributed by atoms with Gasteiger partial charge in [0.2, 0.25) is 0 Å². The number of hydrogen-bond acceptors (Lipinski definition) is 6. The Hall–Kier alpha value is -3.26. The quantitative estimate of drug-likeness (QED) is 0.535. The number of rotatable bonds is 7. The van der Waals surface area contributed by atoms with Crippen LogP contribution >= 0.6 is 0 Å². The van der Waals surface area contributed by atoms with Gasteiger partial charge in [-0.1, -0.05) is 6.07 Å². The third-order valence-corrected chi connectivity index (χ3v) is 6.02. The summed E-state index contributed by atoms with van der Waals surface area (Å²) in [6.45, 7) is 13.1. The average Bonchev–Trinajstić information content (AvgIpc) is 2.83. The molecule has 2 aromatic carbocycles. The normalized spacial score (nSPS) is 14.5. The van der Waals surface area contributed by atoms with Crippen molar-refractivity contribution in [2.45, 2.75) is 52.8 Å². The summed E-state index contributed by atoms with van der Waals surface area (Å²) in [7, 11) is 3.27. The van der Waals surface area contributed by atoms with Crippen molar-refractivity contribution in [1.29, 1.82) is 0 Å². The van der Waals surface area contributed by atoms with Crippen LogP contribution in [0.1, 0.15) is 50.5 Å². The number of hydrogen-bond donors (Lipinski definition) is 0. The highest BCUT2D eigenvalue weighted by atomic mass is 16.6. The molecule has 0 spiro atoms. The van der Waals surface area contributed by atoms with E-state index < -0.39 is 11.7 Å². The van der Waals surface area contributed by atoms with Gasteiger partial charge in [-0.3, -0.25) is 9.69 Å². The number of carbonyl (C=O) groups excluding carboxylic acids is 2. The number of benzene rings is 2. The second-order valence-electron chi connectivity index (χ2n) is 10.4. The Balaban J connectivity index is 1.85. The molecule has 1 aliphatic rings. The van der Waals surface area contributed by atoms with Gasteiger partial charge in [0, 0.05) is 56.5 Å². The summed E-state index contributed by atoms with van der Waals surface area (Å²) < 4.78 is 17.0. The van der Waals surface area contributed by atoms with E-state index in [4.69, 9.17) is 14.2 Å². The number of ether oxygens (including phenoxy) is 3. The van der Waals surface area contributed by atoms with E-state index in [1.54, 1.807) is 32.4 Å². The smallest absolute Gasteiger partial charge is 0.410 e. The van der Waals surface area contributed by atoms with Gasteiger partial charge in [-0.25, -0.2) is 4.79 Å². The summed E-state index contributed by atoms with van der Waals surface area (Å²) in [5, 5.41) is 0. The summed E-state index contributed by atoms with van der Waals surface area (Å²) in [4.78, 5) is 31.7. The Morgan fingerprint density at radius 1 is 1.00 bits per heavy atom. The minimum absolute atomic E-state index is 0.0208. The Morgan fingerprint density at radius 2 is 1.67 bits per heavy atom. The summed E-state index contributed by atoms with van der Waals surface area (Å²) in [6.07, 6.45) is -0.448. The highest BCUT2D eigenvalue weighted by Gasteiger charge is 2.25. The van der Waals surface area contributed by atoms with Crippen LogP contribution in [0.25, 0.3) is 0 Å². The Labute approximate surface area is 214 Å². The number of carbonyl (C=O) groups is 2. The van der Waals surface area contributed by atoms with Crippen molar-refractivity contribution in [3.05, 3.63) is 53.6 Å². The largest absolute Gasteiger partial charge is 0.497 e. The van der Waals surface area contributed by atoms with Gasteiger partial charge < -0.3 is 24.0 Å². The molecule has 36 heavy (non-hydrogen) atoms. The molecule has 0 N–H and O–H groups in total. The van der Waals surface area contributed by atoms with Crippen LogP contribution in [0, 0.1) is 0 Å². The molecule has 1 aliphatic heterocycles. The average molecular weight is 498 g/mol. The lowest BCUT2D eigenvalue weighted by Gasteiger charge is -2.37. The lowest BCUT2D eigenvalue weighted by atomic mass is 10.1. The van der Waals surface area contributed by atoms with E-state index in [1.807, 2.05) is 49.9 Å². The fraction of sp³-hybridized carbons (Fsp3) is 0.500. The van der Waals surface area contributed by atoms with Gasteiger partial charge in [-0.15, -0.1) is 0 Å². The maximum absolute atomic E-state index is 13.3. The molecule has 196 valence electrons. The fourth-order valence-corrected chi connectivity index (χ4v) is 4.01. The standard InChI is InChI=1S/C28H39N3O5/c1-20(2)30-13-15-31(16-14-30)26(32)21-11-12-25(35-24-10-8-9-23(18-24)34-7)22(17-21)19-29(6)27(33)36-28(3,4)5/h8-12,17-18,20H,13-16,19H2,1-7H3. The van der Waals surface area contributed by atoms with Crippen molar-refractivity contribution in [2.24, 2.45) is 0 Å². The molecule has 1 fully saturated rings. The highest BCUT2D eigenvalue weighted by Crippen LogP contribution is 2.30. The lowest BCUT2D eigenvalue weighted by molar-refractivity contribution is 0.0284. The van der Waals surface area contributed by atoms with Crippen LogP contribution < -0.4 is 9.47 Å². The molecule has 0 saturated carbocycles. The number of methoxy groups -OCH3 is 1. The fourth-order valence-electron chi connectivity index (χ4n) is 4.01. The number of amides is 2. The summed E-state index contributed by atoms with van der Waals surface area (Å²) in [5.74, 6) is 1.80. The van der Waals surface area contributed by atoms with Crippen LogP contribution in [0.3, 0.4) is 0 Å². The van der Waals surface area contributed by atoms with Crippen LogP contribution in [-0.2, 0) is 11.3 Å². The van der Waals surface area contributed by atoms with Crippen molar-refractivity contribution in [3.8, 4) is 17.2 Å². The maximum atomic E-state index is 13.3. The zero-order valence-electron chi connectivity index (χ0n) is 22.5. The van der Waals surface area contributed by atoms with Crippen LogP contribution in [0.4, 0.5) is 4.79 Å². The first kappa shape index (κ1) is 27.3. The van der Waals surface area contributed by atoms with E-state index in [9.17, 15) is 9.59 Å². The molecule has 1 heterocycles. The summed E-state index contributed by atoms with van der Waals surface area (Å²) in [5.41, 5.74) is 0.665. The van der Waals surface area contributed by atoms with Gasteiger partial charge in [-0.05, 0) is 65.0 Å². The van der Waals surface area contributed by atoms with Crippen molar-refractivity contribution in [2.75, 3.05) is 40.3 Å². The predicted octanol–water partition coefficient (Wildman–Crippen LogP) is 5.02. The molecular formula is C28H39N3O5. The van der Waals surface area contributed by atoms with E-state index in [0.717, 1.165) is 13.1 Å². The SMILES string of the molecule is COc1cccc(Oc2ccc(C(=O)N3CCN(C(C)C)CC3)cc2CN(C)C(=O)OC(C)(C)C)c1. The molecule has 0 unspecified atom stereocenters. The van der Waals surface area contributed by atoms with Gasteiger partial charge in [-0.2, -0.15) is 0 Å². The monoisotopic (exact) mass is 497 g/mol. The Morgan fingerprint density at radius 3 is 2.28 bits per heavy atom. The summed E-state index contributed by atoms with van der Waals surface area (Å²) in [6, 6.07) is 13.1. The molecule has 1 saturated heterocycles. The number of nitrogens with zero attached hydrogens (tertiary/aromatic N) is 3. The third-order valence-electron chi connectivity index (χ3n) is 6.02. The molecule has 2 amide bonds. The molecule has 0 atom stereocenters. The van der Waals surface area contributed by atoms with Crippen LogP contribution in [0.2, 0.25) is 0 Å². The van der Waals surface area contributed by atoms with E-state index >= 15 is 0 Å². The van der Waals surface area contributed by atoms with Crippen molar-refractivity contribution < 1.29 is 23.8 Å².